The molecule has 0 N–H and O–H groups in total. The first-order chi connectivity index (χ1) is 9.62. The quantitative estimate of drug-likeness (QED) is 0.494. The van der Waals surface area contributed by atoms with Gasteiger partial charge in [-0.15, -0.1) is 11.6 Å². The highest BCUT2D eigenvalue weighted by molar-refractivity contribution is 6.60. The lowest BCUT2D eigenvalue weighted by Gasteiger charge is -2.31. The van der Waals surface area contributed by atoms with E-state index in [1.807, 2.05) is 39.0 Å². The van der Waals surface area contributed by atoms with Crippen LogP contribution >= 0.6 is 11.6 Å². The van der Waals surface area contributed by atoms with Gasteiger partial charge in [0.05, 0.1) is 6.10 Å². The Bertz CT molecular complexity index is 394. The SMILES string of the molecule is CCO[Si](CC)(OCC)OC(C)c1ccccc1CCl. The van der Waals surface area contributed by atoms with Gasteiger partial charge in [-0.3, -0.25) is 0 Å². The third-order valence-corrected chi connectivity index (χ3v) is 6.48. The predicted octanol–water partition coefficient (Wildman–Crippen LogP) is 4.53. The van der Waals surface area contributed by atoms with Gasteiger partial charge in [0.15, 0.2) is 0 Å². The third-order valence-electron chi connectivity index (χ3n) is 3.15. The first-order valence-corrected chi connectivity index (χ1v) is 9.68. The molecule has 0 saturated heterocycles. The van der Waals surface area contributed by atoms with Crippen LogP contribution in [0.1, 0.15) is 44.9 Å². The Morgan fingerprint density at radius 2 is 1.70 bits per heavy atom. The van der Waals surface area contributed by atoms with Crippen LogP contribution in [0.4, 0.5) is 0 Å². The van der Waals surface area contributed by atoms with Crippen LogP contribution in [0.2, 0.25) is 6.04 Å². The Morgan fingerprint density at radius 1 is 1.10 bits per heavy atom. The zero-order chi connectivity index (χ0) is 15.0. The van der Waals surface area contributed by atoms with E-state index in [2.05, 4.69) is 13.0 Å². The highest BCUT2D eigenvalue weighted by atomic mass is 35.5. The Balaban J connectivity index is 2.92. The molecule has 5 heteroatoms. The van der Waals surface area contributed by atoms with E-state index < -0.39 is 8.80 Å². The molecule has 3 nitrogen and oxygen atoms in total. The summed E-state index contributed by atoms with van der Waals surface area (Å²) in [4.78, 5) is 0. The van der Waals surface area contributed by atoms with Crippen molar-refractivity contribution in [3.8, 4) is 0 Å². The lowest BCUT2D eigenvalue weighted by Crippen LogP contribution is -2.45. The molecule has 0 aliphatic carbocycles. The lowest BCUT2D eigenvalue weighted by atomic mass is 10.1. The molecular formula is C15H25ClO3Si. The third kappa shape index (κ3) is 4.57. The van der Waals surface area contributed by atoms with Crippen molar-refractivity contribution in [1.29, 1.82) is 0 Å². The van der Waals surface area contributed by atoms with E-state index in [1.165, 1.54) is 0 Å². The zero-order valence-corrected chi connectivity index (χ0v) is 14.6. The van der Waals surface area contributed by atoms with Crippen molar-refractivity contribution < 1.29 is 13.3 Å². The van der Waals surface area contributed by atoms with Gasteiger partial charge in [0, 0.05) is 25.1 Å². The van der Waals surface area contributed by atoms with Gasteiger partial charge in [-0.25, -0.2) is 0 Å². The number of alkyl halides is 1. The maximum Gasteiger partial charge on any atom is 0.501 e. The van der Waals surface area contributed by atoms with Crippen LogP contribution < -0.4 is 0 Å². The second-order valence-electron chi connectivity index (χ2n) is 4.50. The monoisotopic (exact) mass is 316 g/mol. The Labute approximate surface area is 128 Å². The number of benzene rings is 1. The maximum atomic E-state index is 6.23. The molecule has 1 rings (SSSR count). The summed E-state index contributed by atoms with van der Waals surface area (Å²) >= 11 is 6.00. The summed E-state index contributed by atoms with van der Waals surface area (Å²) in [5.74, 6) is 0.480. The molecule has 20 heavy (non-hydrogen) atoms. The van der Waals surface area contributed by atoms with E-state index in [-0.39, 0.29) is 6.10 Å². The minimum atomic E-state index is -2.59. The fourth-order valence-electron chi connectivity index (χ4n) is 2.22. The molecule has 0 saturated carbocycles. The first-order valence-electron chi connectivity index (χ1n) is 7.21. The van der Waals surface area contributed by atoms with Gasteiger partial charge in [0.25, 0.3) is 0 Å². The van der Waals surface area contributed by atoms with Crippen molar-refractivity contribution in [2.24, 2.45) is 0 Å². The van der Waals surface area contributed by atoms with E-state index in [0.29, 0.717) is 19.1 Å². The second kappa shape index (κ2) is 8.80. The summed E-state index contributed by atoms with van der Waals surface area (Å²) in [5, 5.41) is 0. The Morgan fingerprint density at radius 3 is 2.20 bits per heavy atom. The molecular weight excluding hydrogens is 292 g/mol. The van der Waals surface area contributed by atoms with Gasteiger partial charge >= 0.3 is 8.80 Å². The van der Waals surface area contributed by atoms with Crippen LogP contribution in [-0.4, -0.2) is 22.0 Å². The van der Waals surface area contributed by atoms with E-state index in [0.717, 1.165) is 17.2 Å². The largest absolute Gasteiger partial charge is 0.501 e. The molecule has 0 aliphatic heterocycles. The minimum absolute atomic E-state index is 0.0883. The van der Waals surface area contributed by atoms with Crippen molar-refractivity contribution in [3.05, 3.63) is 35.4 Å². The zero-order valence-electron chi connectivity index (χ0n) is 12.8. The molecule has 1 unspecified atom stereocenters. The van der Waals surface area contributed by atoms with E-state index in [9.17, 15) is 0 Å². The van der Waals surface area contributed by atoms with Crippen molar-refractivity contribution >= 4 is 20.4 Å². The molecule has 1 aromatic carbocycles. The van der Waals surface area contributed by atoms with Crippen molar-refractivity contribution in [2.75, 3.05) is 13.2 Å². The molecule has 0 fully saturated rings. The van der Waals surface area contributed by atoms with Crippen LogP contribution in [0.3, 0.4) is 0 Å². The van der Waals surface area contributed by atoms with Gasteiger partial charge in [-0.05, 0) is 31.9 Å². The van der Waals surface area contributed by atoms with Crippen molar-refractivity contribution in [1.82, 2.24) is 0 Å². The summed E-state index contributed by atoms with van der Waals surface area (Å²) in [6, 6.07) is 8.83. The number of hydrogen-bond donors (Lipinski definition) is 0. The molecule has 0 radical (unpaired) electrons. The number of hydrogen-bond acceptors (Lipinski definition) is 3. The first kappa shape index (κ1) is 17.7. The van der Waals surface area contributed by atoms with Gasteiger partial charge in [0.1, 0.15) is 0 Å². The van der Waals surface area contributed by atoms with E-state index in [1.54, 1.807) is 0 Å². The molecule has 1 aromatic rings. The normalized spacial score (nSPS) is 13.4. The molecule has 0 aromatic heterocycles. The van der Waals surface area contributed by atoms with Crippen LogP contribution in [0.15, 0.2) is 24.3 Å². The smallest absolute Gasteiger partial charge is 0.374 e. The Hall–Kier alpha value is -0.393. The van der Waals surface area contributed by atoms with Gasteiger partial charge in [0.2, 0.25) is 0 Å². The summed E-state index contributed by atoms with van der Waals surface area (Å²) in [5.41, 5.74) is 2.20. The number of rotatable bonds is 9. The summed E-state index contributed by atoms with van der Waals surface area (Å²) in [6.45, 7) is 9.22. The van der Waals surface area contributed by atoms with Crippen LogP contribution in [0, 0.1) is 0 Å². The van der Waals surface area contributed by atoms with Gasteiger partial charge < -0.3 is 13.3 Å². The maximum absolute atomic E-state index is 6.23. The molecule has 0 spiro atoms. The molecule has 0 heterocycles. The topological polar surface area (TPSA) is 27.7 Å². The summed E-state index contributed by atoms with van der Waals surface area (Å²) in [7, 11) is -2.59. The van der Waals surface area contributed by atoms with Crippen LogP contribution in [0.5, 0.6) is 0 Å². The van der Waals surface area contributed by atoms with Gasteiger partial charge in [-0.1, -0.05) is 31.2 Å². The highest BCUT2D eigenvalue weighted by Gasteiger charge is 2.40. The molecule has 114 valence electrons. The number of halogens is 1. The summed E-state index contributed by atoms with van der Waals surface area (Å²) in [6.07, 6.45) is -0.0883. The van der Waals surface area contributed by atoms with Crippen molar-refractivity contribution in [3.63, 3.8) is 0 Å². The van der Waals surface area contributed by atoms with E-state index in [4.69, 9.17) is 24.9 Å². The molecule has 0 amide bonds. The average Bonchev–Trinajstić information content (AvgIpc) is 2.47. The average molecular weight is 317 g/mol. The molecule has 1 atom stereocenters. The van der Waals surface area contributed by atoms with Crippen molar-refractivity contribution in [2.45, 2.75) is 45.7 Å². The van der Waals surface area contributed by atoms with E-state index >= 15 is 0 Å². The fourth-order valence-corrected chi connectivity index (χ4v) is 4.81. The lowest BCUT2D eigenvalue weighted by molar-refractivity contribution is 0.0387. The van der Waals surface area contributed by atoms with Crippen LogP contribution in [-0.2, 0) is 19.2 Å². The minimum Gasteiger partial charge on any atom is -0.374 e. The standard InChI is InChI=1S/C15H25ClO3Si/c1-5-17-20(7-3,18-6-2)19-13(4)15-11-9-8-10-14(15)12-16/h8-11,13H,5-7,12H2,1-4H3. The molecule has 0 aliphatic rings. The predicted molar refractivity (Wildman–Crippen MR) is 85.0 cm³/mol. The second-order valence-corrected chi connectivity index (χ2v) is 7.65. The highest BCUT2D eigenvalue weighted by Crippen LogP contribution is 2.28. The fraction of sp³-hybridized carbons (Fsp3) is 0.600. The molecule has 0 bridgehead atoms. The Kier molecular flexibility index (Phi) is 7.77. The summed E-state index contributed by atoms with van der Waals surface area (Å²) < 4.78 is 17.9. The van der Waals surface area contributed by atoms with Gasteiger partial charge in [-0.2, -0.15) is 0 Å². The van der Waals surface area contributed by atoms with Crippen LogP contribution in [0.25, 0.3) is 0 Å².